The van der Waals surface area contributed by atoms with E-state index in [1.165, 1.54) is 11.8 Å². The first-order valence-electron chi connectivity index (χ1n) is 10.4. The van der Waals surface area contributed by atoms with Crippen LogP contribution in [0.1, 0.15) is 38.5 Å². The van der Waals surface area contributed by atoms with Crippen molar-refractivity contribution in [3.63, 3.8) is 0 Å². The number of hydrogen-bond donors (Lipinski definition) is 8. The Morgan fingerprint density at radius 3 is 1.71 bits per heavy atom. The van der Waals surface area contributed by atoms with Gasteiger partial charge < -0.3 is 42.7 Å². The molecule has 15 nitrogen and oxygen atoms in total. The van der Waals surface area contributed by atoms with Crippen molar-refractivity contribution in [2.75, 3.05) is 12.0 Å². The molecule has 0 spiro atoms. The van der Waals surface area contributed by atoms with Gasteiger partial charge in [-0.05, 0) is 31.3 Å². The van der Waals surface area contributed by atoms with E-state index in [4.69, 9.17) is 26.8 Å². The molecule has 0 aromatic carbocycles. The van der Waals surface area contributed by atoms with Gasteiger partial charge in [0, 0.05) is 12.8 Å². The van der Waals surface area contributed by atoms with Gasteiger partial charge >= 0.3 is 17.9 Å². The highest BCUT2D eigenvalue weighted by Crippen LogP contribution is 2.06. The van der Waals surface area contributed by atoms with E-state index < -0.39 is 78.5 Å². The number of rotatable bonds is 18. The van der Waals surface area contributed by atoms with E-state index in [1.807, 2.05) is 0 Å². The summed E-state index contributed by atoms with van der Waals surface area (Å²) in [5.74, 6) is -7.38. The topological polar surface area (TPSA) is 268 Å². The van der Waals surface area contributed by atoms with E-state index in [-0.39, 0.29) is 25.7 Å². The lowest BCUT2D eigenvalue weighted by molar-refractivity contribution is -0.147. The predicted molar refractivity (Wildman–Crippen MR) is 122 cm³/mol. The van der Waals surface area contributed by atoms with Crippen LogP contribution < -0.4 is 27.4 Å². The van der Waals surface area contributed by atoms with Crippen molar-refractivity contribution in [1.82, 2.24) is 16.0 Å². The van der Waals surface area contributed by atoms with Gasteiger partial charge in [0.2, 0.25) is 23.6 Å². The molecular weight excluding hydrogens is 490 g/mol. The summed E-state index contributed by atoms with van der Waals surface area (Å²) in [4.78, 5) is 81.7. The van der Waals surface area contributed by atoms with E-state index in [9.17, 15) is 33.6 Å². The van der Waals surface area contributed by atoms with Gasteiger partial charge in [0.15, 0.2) is 0 Å². The van der Waals surface area contributed by atoms with Crippen molar-refractivity contribution in [1.29, 1.82) is 0 Å². The number of primary amides is 1. The maximum absolute atomic E-state index is 12.8. The minimum Gasteiger partial charge on any atom is -0.481 e. The number of nitrogens with one attached hydrogen (secondary N) is 3. The normalized spacial score (nSPS) is 14.0. The Morgan fingerprint density at radius 2 is 1.26 bits per heavy atom. The van der Waals surface area contributed by atoms with Gasteiger partial charge in [-0.3, -0.25) is 28.8 Å². The Morgan fingerprint density at radius 1 is 0.743 bits per heavy atom. The first-order chi connectivity index (χ1) is 16.3. The first-order valence-corrected chi connectivity index (χ1v) is 11.8. The molecule has 4 unspecified atom stereocenters. The molecule has 0 aliphatic rings. The summed E-state index contributed by atoms with van der Waals surface area (Å²) in [5.41, 5.74) is 10.7. The van der Waals surface area contributed by atoms with Gasteiger partial charge in [0.05, 0.1) is 12.5 Å². The molecule has 35 heavy (non-hydrogen) atoms. The minimum atomic E-state index is -1.74. The molecule has 10 N–H and O–H groups in total. The standard InChI is InChI=1S/C19H31N5O10S/c1-35-7-6-11(18(32)24-12(19(33)34)8-15(28)29)23-17(31)10(3-4-13(21)25)22-16(30)9(20)2-5-14(26)27/h9-12H,2-8,20H2,1H3,(H2,21,25)(H,22,30)(H,23,31)(H,24,32)(H,26,27)(H,28,29)(H,33,34). The summed E-state index contributed by atoms with van der Waals surface area (Å²) >= 11 is 1.32. The lowest BCUT2D eigenvalue weighted by Crippen LogP contribution is -2.57. The van der Waals surface area contributed by atoms with Gasteiger partial charge in [-0.25, -0.2) is 4.79 Å². The van der Waals surface area contributed by atoms with Crippen LogP contribution in [0.2, 0.25) is 0 Å². The van der Waals surface area contributed by atoms with E-state index >= 15 is 0 Å². The van der Waals surface area contributed by atoms with Gasteiger partial charge in [-0.15, -0.1) is 0 Å². The number of amides is 4. The fourth-order valence-electron chi connectivity index (χ4n) is 2.67. The fourth-order valence-corrected chi connectivity index (χ4v) is 3.14. The second-order valence-corrected chi connectivity index (χ2v) is 8.43. The Balaban J connectivity index is 5.53. The third-order valence-electron chi connectivity index (χ3n) is 4.56. The molecule has 0 saturated heterocycles. The lowest BCUT2D eigenvalue weighted by atomic mass is 10.1. The predicted octanol–water partition coefficient (Wildman–Crippen LogP) is -2.79. The molecular formula is C19H31N5O10S. The van der Waals surface area contributed by atoms with Gasteiger partial charge in [0.1, 0.15) is 18.1 Å². The quantitative estimate of drug-likeness (QED) is 0.0909. The molecule has 0 radical (unpaired) electrons. The minimum absolute atomic E-state index is 0.0345. The second-order valence-electron chi connectivity index (χ2n) is 7.44. The summed E-state index contributed by atoms with van der Waals surface area (Å²) in [6, 6.07) is -5.67. The van der Waals surface area contributed by atoms with Crippen LogP contribution in [-0.4, -0.2) is 93.0 Å². The highest BCUT2D eigenvalue weighted by molar-refractivity contribution is 7.98. The fraction of sp³-hybridized carbons (Fsp3) is 0.632. The maximum atomic E-state index is 12.8. The number of carbonyl (C=O) groups excluding carboxylic acids is 4. The molecule has 0 heterocycles. The molecule has 0 bridgehead atoms. The van der Waals surface area contributed by atoms with Gasteiger partial charge in [-0.1, -0.05) is 0 Å². The number of hydrogen-bond acceptors (Lipinski definition) is 9. The zero-order valence-electron chi connectivity index (χ0n) is 19.0. The molecule has 16 heteroatoms. The Kier molecular flexibility index (Phi) is 14.7. The summed E-state index contributed by atoms with van der Waals surface area (Å²) in [7, 11) is 0. The first kappa shape index (κ1) is 31.6. The number of carbonyl (C=O) groups is 7. The lowest BCUT2D eigenvalue weighted by Gasteiger charge is -2.25. The van der Waals surface area contributed by atoms with Crippen LogP contribution in [0.25, 0.3) is 0 Å². The molecule has 4 amide bonds. The molecule has 0 aliphatic carbocycles. The molecule has 0 aromatic rings. The average Bonchev–Trinajstić information content (AvgIpc) is 2.76. The van der Waals surface area contributed by atoms with Crippen LogP contribution in [0.5, 0.6) is 0 Å². The van der Waals surface area contributed by atoms with Gasteiger partial charge in [-0.2, -0.15) is 11.8 Å². The monoisotopic (exact) mass is 521 g/mol. The molecule has 0 aromatic heterocycles. The van der Waals surface area contributed by atoms with E-state index in [0.29, 0.717) is 5.75 Å². The number of nitrogens with two attached hydrogens (primary N) is 2. The van der Waals surface area contributed by atoms with Crippen LogP contribution in [0, 0.1) is 0 Å². The number of aliphatic carboxylic acids is 3. The Bertz CT molecular complexity index is 809. The van der Waals surface area contributed by atoms with Gasteiger partial charge in [0.25, 0.3) is 0 Å². The summed E-state index contributed by atoms with van der Waals surface area (Å²) in [6.45, 7) is 0. The third kappa shape index (κ3) is 13.8. The molecule has 198 valence electrons. The van der Waals surface area contributed by atoms with E-state index in [1.54, 1.807) is 6.26 Å². The zero-order chi connectivity index (χ0) is 27.1. The van der Waals surface area contributed by atoms with Crippen LogP contribution in [0.4, 0.5) is 0 Å². The van der Waals surface area contributed by atoms with Crippen LogP contribution in [-0.2, 0) is 33.6 Å². The van der Waals surface area contributed by atoms with Crippen LogP contribution in [0.15, 0.2) is 0 Å². The summed E-state index contributed by atoms with van der Waals surface area (Å²) in [5, 5.41) is 33.4. The van der Waals surface area contributed by atoms with E-state index in [2.05, 4.69) is 16.0 Å². The Labute approximate surface area is 204 Å². The number of thioether (sulfide) groups is 1. The van der Waals surface area contributed by atoms with Crippen molar-refractivity contribution in [3.8, 4) is 0 Å². The SMILES string of the molecule is CSCCC(NC(=O)C(CCC(N)=O)NC(=O)C(N)CCC(=O)O)C(=O)NC(CC(=O)O)C(=O)O. The summed E-state index contributed by atoms with van der Waals surface area (Å²) < 4.78 is 0. The summed E-state index contributed by atoms with van der Waals surface area (Å²) in [6.07, 6.45) is -0.330. The molecule has 4 atom stereocenters. The molecule has 0 rings (SSSR count). The number of carboxylic acid groups (broad SMARTS) is 3. The van der Waals surface area contributed by atoms with Crippen LogP contribution in [0.3, 0.4) is 0 Å². The van der Waals surface area contributed by atoms with Crippen molar-refractivity contribution in [2.24, 2.45) is 11.5 Å². The molecule has 0 fully saturated rings. The van der Waals surface area contributed by atoms with Crippen molar-refractivity contribution >= 4 is 53.3 Å². The van der Waals surface area contributed by atoms with Crippen molar-refractivity contribution < 1.29 is 48.9 Å². The Hall–Kier alpha value is -3.40. The van der Waals surface area contributed by atoms with Crippen LogP contribution >= 0.6 is 11.8 Å². The number of carboxylic acids is 3. The maximum Gasteiger partial charge on any atom is 0.326 e. The third-order valence-corrected chi connectivity index (χ3v) is 5.20. The second kappa shape index (κ2) is 16.3. The average molecular weight is 522 g/mol. The highest BCUT2D eigenvalue weighted by Gasteiger charge is 2.31. The largest absolute Gasteiger partial charge is 0.481 e. The molecule has 0 saturated carbocycles. The van der Waals surface area contributed by atoms with Crippen molar-refractivity contribution in [2.45, 2.75) is 62.7 Å². The van der Waals surface area contributed by atoms with Crippen molar-refractivity contribution in [3.05, 3.63) is 0 Å². The zero-order valence-corrected chi connectivity index (χ0v) is 19.8. The highest BCUT2D eigenvalue weighted by atomic mass is 32.2. The smallest absolute Gasteiger partial charge is 0.326 e. The molecule has 0 aliphatic heterocycles. The van der Waals surface area contributed by atoms with E-state index in [0.717, 1.165) is 0 Å².